The lowest BCUT2D eigenvalue weighted by atomic mass is 10.1. The zero-order valence-electron chi connectivity index (χ0n) is 11.8. The summed E-state index contributed by atoms with van der Waals surface area (Å²) in [6.07, 6.45) is 0.977. The summed E-state index contributed by atoms with van der Waals surface area (Å²) in [5.41, 5.74) is 0.752. The van der Waals surface area contributed by atoms with Gasteiger partial charge in [-0.05, 0) is 42.8 Å². The van der Waals surface area contributed by atoms with E-state index in [9.17, 15) is 5.11 Å². The molecule has 1 atom stereocenters. The summed E-state index contributed by atoms with van der Waals surface area (Å²) in [5.74, 6) is 7.18. The minimum Gasteiger partial charge on any atom is -0.456 e. The molecule has 0 bridgehead atoms. The Morgan fingerprint density at radius 3 is 2.57 bits per heavy atom. The number of rotatable bonds is 4. The van der Waals surface area contributed by atoms with Crippen LogP contribution in [0.5, 0.6) is 11.5 Å². The molecule has 108 valence electrons. The lowest BCUT2D eigenvalue weighted by Crippen LogP contribution is -2.01. The van der Waals surface area contributed by atoms with Gasteiger partial charge in [-0.25, -0.2) is 0 Å². The predicted molar refractivity (Wildman–Crippen MR) is 85.8 cm³/mol. The van der Waals surface area contributed by atoms with Gasteiger partial charge in [-0.3, -0.25) is 0 Å². The van der Waals surface area contributed by atoms with E-state index in [0.717, 1.165) is 12.0 Å². The van der Waals surface area contributed by atoms with Gasteiger partial charge in [0.1, 0.15) is 17.6 Å². The van der Waals surface area contributed by atoms with Crippen LogP contribution in [0.25, 0.3) is 0 Å². The molecule has 1 N–H and O–H groups in total. The Labute approximate surface area is 130 Å². The molecule has 2 nitrogen and oxygen atoms in total. The molecule has 0 saturated heterocycles. The van der Waals surface area contributed by atoms with E-state index in [1.165, 1.54) is 0 Å². The number of halogens is 1. The van der Waals surface area contributed by atoms with E-state index in [4.69, 9.17) is 16.3 Å². The Hall–Kier alpha value is -1.95. The van der Waals surface area contributed by atoms with Crippen molar-refractivity contribution in [3.63, 3.8) is 0 Å². The smallest absolute Gasteiger partial charge is 0.143 e. The summed E-state index contributed by atoms with van der Waals surface area (Å²) >= 11 is 5.85. The second kappa shape index (κ2) is 7.73. The Kier molecular flexibility index (Phi) is 5.68. The first kappa shape index (κ1) is 15.4. The van der Waals surface area contributed by atoms with Crippen molar-refractivity contribution in [2.24, 2.45) is 0 Å². The number of aliphatic hydroxyl groups is 1. The van der Waals surface area contributed by atoms with Gasteiger partial charge in [-0.1, -0.05) is 48.9 Å². The first-order chi connectivity index (χ1) is 10.2. The molecule has 2 rings (SSSR count). The molecule has 0 heterocycles. The molecule has 0 fully saturated rings. The van der Waals surface area contributed by atoms with Crippen molar-refractivity contribution in [3.8, 4) is 23.3 Å². The van der Waals surface area contributed by atoms with Gasteiger partial charge in [-0.15, -0.1) is 0 Å². The summed E-state index contributed by atoms with van der Waals surface area (Å²) in [6.45, 7) is 2.02. The topological polar surface area (TPSA) is 29.5 Å². The van der Waals surface area contributed by atoms with Crippen LogP contribution in [0, 0.1) is 11.8 Å². The number of para-hydroxylation sites is 1. The van der Waals surface area contributed by atoms with E-state index in [0.29, 0.717) is 22.9 Å². The second-order valence-corrected chi connectivity index (χ2v) is 5.06. The maximum atomic E-state index is 9.69. The van der Waals surface area contributed by atoms with Crippen LogP contribution in [-0.4, -0.2) is 11.2 Å². The average molecular weight is 301 g/mol. The number of aliphatic hydroxyl groups excluding tert-OH is 1. The third-order valence-corrected chi connectivity index (χ3v) is 3.12. The fraction of sp³-hybridized carbons (Fsp3) is 0.222. The maximum absolute atomic E-state index is 9.69. The van der Waals surface area contributed by atoms with Gasteiger partial charge < -0.3 is 9.84 Å². The van der Waals surface area contributed by atoms with Gasteiger partial charge in [0, 0.05) is 5.02 Å². The summed E-state index contributed by atoms with van der Waals surface area (Å²) in [5, 5.41) is 10.4. The number of hydrogen-bond acceptors (Lipinski definition) is 2. The van der Waals surface area contributed by atoms with E-state index < -0.39 is 6.10 Å². The summed E-state index contributed by atoms with van der Waals surface area (Å²) in [7, 11) is 0. The van der Waals surface area contributed by atoms with Crippen LogP contribution in [0.3, 0.4) is 0 Å². The second-order valence-electron chi connectivity index (χ2n) is 4.63. The van der Waals surface area contributed by atoms with E-state index in [1.807, 2.05) is 31.2 Å². The zero-order valence-corrected chi connectivity index (χ0v) is 12.6. The molecule has 0 spiro atoms. The SMILES string of the molecule is CCCC(O)C#Cc1ccccc1Oc1ccc(Cl)cc1. The highest BCUT2D eigenvalue weighted by Crippen LogP contribution is 2.25. The van der Waals surface area contributed by atoms with E-state index in [1.54, 1.807) is 24.3 Å². The van der Waals surface area contributed by atoms with Gasteiger partial charge in [0.25, 0.3) is 0 Å². The third kappa shape index (κ3) is 4.82. The van der Waals surface area contributed by atoms with Crippen molar-refractivity contribution in [2.75, 3.05) is 0 Å². The molecular formula is C18H17ClO2. The van der Waals surface area contributed by atoms with Crippen LogP contribution in [0.2, 0.25) is 5.02 Å². The van der Waals surface area contributed by atoms with Crippen LogP contribution in [-0.2, 0) is 0 Å². The summed E-state index contributed by atoms with van der Waals surface area (Å²) in [4.78, 5) is 0. The van der Waals surface area contributed by atoms with Crippen LogP contribution in [0.1, 0.15) is 25.3 Å². The van der Waals surface area contributed by atoms with Crippen LogP contribution >= 0.6 is 11.6 Å². The van der Waals surface area contributed by atoms with Crippen LogP contribution in [0.4, 0.5) is 0 Å². The zero-order chi connectivity index (χ0) is 15.1. The van der Waals surface area contributed by atoms with Crippen molar-refractivity contribution in [2.45, 2.75) is 25.9 Å². The molecular weight excluding hydrogens is 284 g/mol. The van der Waals surface area contributed by atoms with E-state index in [-0.39, 0.29) is 0 Å². The largest absolute Gasteiger partial charge is 0.456 e. The highest BCUT2D eigenvalue weighted by Gasteiger charge is 2.03. The monoisotopic (exact) mass is 300 g/mol. The van der Waals surface area contributed by atoms with E-state index in [2.05, 4.69) is 11.8 Å². The Bertz CT molecular complexity index is 638. The van der Waals surface area contributed by atoms with Crippen molar-refractivity contribution < 1.29 is 9.84 Å². The molecule has 0 aliphatic carbocycles. The number of hydrogen-bond donors (Lipinski definition) is 1. The maximum Gasteiger partial charge on any atom is 0.143 e. The first-order valence-corrected chi connectivity index (χ1v) is 7.29. The third-order valence-electron chi connectivity index (χ3n) is 2.86. The molecule has 2 aromatic rings. The van der Waals surface area contributed by atoms with Crippen molar-refractivity contribution in [1.29, 1.82) is 0 Å². The first-order valence-electron chi connectivity index (χ1n) is 6.91. The fourth-order valence-electron chi connectivity index (χ4n) is 1.80. The molecule has 1 unspecified atom stereocenters. The Morgan fingerprint density at radius 2 is 1.86 bits per heavy atom. The number of ether oxygens (including phenoxy) is 1. The molecule has 0 aromatic heterocycles. The van der Waals surface area contributed by atoms with Gasteiger partial charge in [-0.2, -0.15) is 0 Å². The lowest BCUT2D eigenvalue weighted by Gasteiger charge is -2.07. The Balaban J connectivity index is 2.18. The van der Waals surface area contributed by atoms with Crippen molar-refractivity contribution >= 4 is 11.6 Å². The van der Waals surface area contributed by atoms with Crippen LogP contribution < -0.4 is 4.74 Å². The highest BCUT2D eigenvalue weighted by molar-refractivity contribution is 6.30. The molecule has 0 saturated carbocycles. The van der Waals surface area contributed by atoms with E-state index >= 15 is 0 Å². The normalized spacial score (nSPS) is 11.4. The number of benzene rings is 2. The van der Waals surface area contributed by atoms with Gasteiger partial charge in [0.05, 0.1) is 5.56 Å². The molecule has 0 aliphatic rings. The molecule has 2 aromatic carbocycles. The quantitative estimate of drug-likeness (QED) is 0.833. The van der Waals surface area contributed by atoms with Gasteiger partial charge >= 0.3 is 0 Å². The Morgan fingerprint density at radius 1 is 1.14 bits per heavy atom. The van der Waals surface area contributed by atoms with Gasteiger partial charge in [0.15, 0.2) is 0 Å². The standard InChI is InChI=1S/C18H17ClO2/c1-2-5-16(20)11-8-14-6-3-4-7-18(14)21-17-12-9-15(19)10-13-17/h3-4,6-7,9-10,12-13,16,20H,2,5H2,1H3. The minimum absolute atomic E-state index is 0.599. The highest BCUT2D eigenvalue weighted by atomic mass is 35.5. The van der Waals surface area contributed by atoms with Crippen molar-refractivity contribution in [1.82, 2.24) is 0 Å². The lowest BCUT2D eigenvalue weighted by molar-refractivity contribution is 0.221. The molecule has 0 radical (unpaired) electrons. The summed E-state index contributed by atoms with van der Waals surface area (Å²) in [6, 6.07) is 14.7. The molecule has 0 aliphatic heterocycles. The van der Waals surface area contributed by atoms with Crippen molar-refractivity contribution in [3.05, 3.63) is 59.1 Å². The molecule has 0 amide bonds. The predicted octanol–water partition coefficient (Wildman–Crippen LogP) is 4.64. The van der Waals surface area contributed by atoms with Crippen LogP contribution in [0.15, 0.2) is 48.5 Å². The fourth-order valence-corrected chi connectivity index (χ4v) is 1.92. The summed E-state index contributed by atoms with van der Waals surface area (Å²) < 4.78 is 5.81. The van der Waals surface area contributed by atoms with Gasteiger partial charge in [0.2, 0.25) is 0 Å². The average Bonchev–Trinajstić information content (AvgIpc) is 2.49. The molecule has 3 heteroatoms. The minimum atomic E-state index is -0.599. The molecule has 21 heavy (non-hydrogen) atoms.